The van der Waals surface area contributed by atoms with Crippen LogP contribution in [-0.4, -0.2) is 15.1 Å². The Balaban J connectivity index is 2.64. The van der Waals surface area contributed by atoms with E-state index < -0.39 is 5.30 Å². The van der Waals surface area contributed by atoms with Crippen LogP contribution in [0.1, 0.15) is 19.9 Å². The van der Waals surface area contributed by atoms with E-state index in [9.17, 15) is 4.79 Å². The van der Waals surface area contributed by atoms with Crippen molar-refractivity contribution in [3.05, 3.63) is 12.3 Å². The third kappa shape index (κ3) is 2.74. The molecule has 0 spiro atoms. The van der Waals surface area contributed by atoms with Crippen molar-refractivity contribution >= 4 is 17.1 Å². The Morgan fingerprint density at radius 3 is 2.92 bits per heavy atom. The van der Waals surface area contributed by atoms with Crippen molar-refractivity contribution < 1.29 is 9.63 Å². The first-order valence-corrected chi connectivity index (χ1v) is 4.59. The number of carbonyl (C=O) groups is 1. The lowest BCUT2D eigenvalue weighted by molar-refractivity contribution is 0.177. The third-order valence-electron chi connectivity index (χ3n) is 1.40. The number of nitrogens with zero attached hydrogens (tertiary/aromatic N) is 2. The lowest BCUT2D eigenvalue weighted by atomic mass is 10.4. The number of aromatic nitrogens is 2. The van der Waals surface area contributed by atoms with Gasteiger partial charge in [-0.15, -0.1) is 0 Å². The second kappa shape index (κ2) is 4.29. The number of carbonyl (C=O) groups excluding carboxylic acids is 1. The van der Waals surface area contributed by atoms with Crippen LogP contribution in [0.3, 0.4) is 0 Å². The van der Waals surface area contributed by atoms with Gasteiger partial charge in [0.15, 0.2) is 0 Å². The summed E-state index contributed by atoms with van der Waals surface area (Å²) in [5, 5.41) is 4.15. The summed E-state index contributed by atoms with van der Waals surface area (Å²) in [5.41, 5.74) is 0. The van der Waals surface area contributed by atoms with Crippen molar-refractivity contribution in [2.24, 2.45) is 5.90 Å². The Kier molecular flexibility index (Phi) is 3.32. The fourth-order valence-electron chi connectivity index (χ4n) is 0.772. The van der Waals surface area contributed by atoms with Crippen LogP contribution in [0.15, 0.2) is 17.3 Å². The van der Waals surface area contributed by atoms with Crippen LogP contribution in [0.4, 0.5) is 4.79 Å². The van der Waals surface area contributed by atoms with Gasteiger partial charge in [-0.1, -0.05) is 0 Å². The molecule has 0 atom stereocenters. The first-order chi connectivity index (χ1) is 6.13. The van der Waals surface area contributed by atoms with Gasteiger partial charge in [-0.25, -0.2) is 4.79 Å². The SMILES string of the molecule is CC(C)n1ccc(SC(=O)ON)n1. The molecule has 0 aromatic carbocycles. The Bertz CT molecular complexity index is 298. The van der Waals surface area contributed by atoms with Gasteiger partial charge in [-0.2, -0.15) is 11.0 Å². The molecule has 0 unspecified atom stereocenters. The lowest BCUT2D eigenvalue weighted by Gasteiger charge is -2.02. The zero-order valence-electron chi connectivity index (χ0n) is 7.43. The summed E-state index contributed by atoms with van der Waals surface area (Å²) in [5.74, 6) is 4.68. The van der Waals surface area contributed by atoms with E-state index in [2.05, 4.69) is 15.8 Å². The van der Waals surface area contributed by atoms with Crippen LogP contribution >= 0.6 is 11.8 Å². The summed E-state index contributed by atoms with van der Waals surface area (Å²) >= 11 is 0.864. The molecule has 0 aliphatic heterocycles. The monoisotopic (exact) mass is 201 g/mol. The number of hydrogen-bond acceptors (Lipinski definition) is 5. The first kappa shape index (κ1) is 10.1. The minimum absolute atomic E-state index is 0.281. The first-order valence-electron chi connectivity index (χ1n) is 3.77. The predicted molar refractivity (Wildman–Crippen MR) is 49.1 cm³/mol. The maximum atomic E-state index is 10.7. The molecule has 2 N–H and O–H groups in total. The summed E-state index contributed by atoms with van der Waals surface area (Å²) in [6.07, 6.45) is 1.80. The molecule has 0 amide bonds. The second-order valence-electron chi connectivity index (χ2n) is 2.70. The van der Waals surface area contributed by atoms with Crippen molar-refractivity contribution in [3.8, 4) is 0 Å². The van der Waals surface area contributed by atoms with Crippen LogP contribution in [0.5, 0.6) is 0 Å². The van der Waals surface area contributed by atoms with Crippen LogP contribution in [-0.2, 0) is 4.84 Å². The minimum atomic E-state index is -0.561. The molecule has 5 nitrogen and oxygen atoms in total. The van der Waals surface area contributed by atoms with Crippen LogP contribution in [0.25, 0.3) is 0 Å². The molecule has 13 heavy (non-hydrogen) atoms. The van der Waals surface area contributed by atoms with Crippen molar-refractivity contribution in [1.29, 1.82) is 0 Å². The zero-order valence-corrected chi connectivity index (χ0v) is 8.25. The van der Waals surface area contributed by atoms with E-state index in [1.807, 2.05) is 13.8 Å². The molecule has 0 bridgehead atoms. The normalized spacial score (nSPS) is 10.5. The molecule has 0 aliphatic carbocycles. The average molecular weight is 201 g/mol. The van der Waals surface area contributed by atoms with Crippen LogP contribution < -0.4 is 5.90 Å². The quantitative estimate of drug-likeness (QED) is 0.581. The standard InChI is InChI=1S/C7H11N3O2S/c1-5(2)10-4-3-6(9-10)13-7(11)12-8/h3-5H,8H2,1-2H3. The van der Waals surface area contributed by atoms with Gasteiger partial charge in [0.25, 0.3) is 0 Å². The maximum absolute atomic E-state index is 10.7. The molecule has 0 radical (unpaired) electrons. The predicted octanol–water partition coefficient (Wildman–Crippen LogP) is 1.57. The molecular formula is C7H11N3O2S. The largest absolute Gasteiger partial charge is 0.392 e. The molecule has 1 heterocycles. The van der Waals surface area contributed by atoms with E-state index in [1.54, 1.807) is 16.9 Å². The van der Waals surface area contributed by atoms with Crippen molar-refractivity contribution in [2.75, 3.05) is 0 Å². The van der Waals surface area contributed by atoms with E-state index in [4.69, 9.17) is 0 Å². The van der Waals surface area contributed by atoms with E-state index in [-0.39, 0.29) is 6.04 Å². The molecule has 0 fully saturated rings. The van der Waals surface area contributed by atoms with Crippen molar-refractivity contribution in [2.45, 2.75) is 24.9 Å². The summed E-state index contributed by atoms with van der Waals surface area (Å²) in [6, 6.07) is 2.02. The van der Waals surface area contributed by atoms with E-state index in [1.165, 1.54) is 0 Å². The van der Waals surface area contributed by atoms with Gasteiger partial charge in [0, 0.05) is 24.0 Å². The Morgan fingerprint density at radius 2 is 2.46 bits per heavy atom. The molecule has 6 heteroatoms. The van der Waals surface area contributed by atoms with Gasteiger partial charge in [-0.05, 0) is 19.9 Å². The van der Waals surface area contributed by atoms with E-state index >= 15 is 0 Å². The summed E-state index contributed by atoms with van der Waals surface area (Å²) < 4.78 is 1.76. The maximum Gasteiger partial charge on any atom is 0.392 e. The van der Waals surface area contributed by atoms with Gasteiger partial charge >= 0.3 is 5.30 Å². The van der Waals surface area contributed by atoms with Gasteiger partial charge in [0.05, 0.1) is 0 Å². The zero-order chi connectivity index (χ0) is 9.84. The number of nitrogens with two attached hydrogens (primary N) is 1. The smallest absolute Gasteiger partial charge is 0.365 e. The highest BCUT2D eigenvalue weighted by molar-refractivity contribution is 8.13. The minimum Gasteiger partial charge on any atom is -0.365 e. The molecule has 72 valence electrons. The van der Waals surface area contributed by atoms with Gasteiger partial charge < -0.3 is 4.84 Å². The number of rotatable bonds is 2. The topological polar surface area (TPSA) is 70.1 Å². The van der Waals surface area contributed by atoms with Gasteiger partial charge in [0.1, 0.15) is 5.03 Å². The molecule has 1 aromatic heterocycles. The highest BCUT2D eigenvalue weighted by Gasteiger charge is 2.08. The fraction of sp³-hybridized carbons (Fsp3) is 0.429. The van der Waals surface area contributed by atoms with Gasteiger partial charge in [-0.3, -0.25) is 4.68 Å². The number of hydrogen-bond donors (Lipinski definition) is 1. The fourth-order valence-corrected chi connectivity index (χ4v) is 1.25. The molecule has 0 saturated carbocycles. The Hall–Kier alpha value is -1.01. The lowest BCUT2D eigenvalue weighted by Crippen LogP contribution is -2.04. The highest BCUT2D eigenvalue weighted by atomic mass is 32.2. The van der Waals surface area contributed by atoms with Gasteiger partial charge in [0.2, 0.25) is 0 Å². The van der Waals surface area contributed by atoms with Crippen molar-refractivity contribution in [3.63, 3.8) is 0 Å². The van der Waals surface area contributed by atoms with E-state index in [0.29, 0.717) is 5.03 Å². The summed E-state index contributed by atoms with van der Waals surface area (Å²) in [7, 11) is 0. The third-order valence-corrected chi connectivity index (χ3v) is 2.09. The highest BCUT2D eigenvalue weighted by Crippen LogP contribution is 2.17. The number of thioether (sulfide) groups is 1. The van der Waals surface area contributed by atoms with Crippen molar-refractivity contribution in [1.82, 2.24) is 9.78 Å². The summed E-state index contributed by atoms with van der Waals surface area (Å²) in [6.45, 7) is 4.01. The Labute approximate surface area is 80.2 Å². The molecule has 0 aliphatic rings. The molecular weight excluding hydrogens is 190 g/mol. The van der Waals surface area contributed by atoms with Crippen LogP contribution in [0, 0.1) is 0 Å². The molecule has 0 saturated heterocycles. The Morgan fingerprint density at radius 1 is 1.77 bits per heavy atom. The molecule has 1 rings (SSSR count). The molecule has 1 aromatic rings. The van der Waals surface area contributed by atoms with Crippen LogP contribution in [0.2, 0.25) is 0 Å². The average Bonchev–Trinajstić information content (AvgIpc) is 2.52. The van der Waals surface area contributed by atoms with E-state index in [0.717, 1.165) is 11.8 Å². The second-order valence-corrected chi connectivity index (χ2v) is 3.65. The summed E-state index contributed by atoms with van der Waals surface area (Å²) in [4.78, 5) is 14.7.